The fourth-order valence-electron chi connectivity index (χ4n) is 16.0. The summed E-state index contributed by atoms with van der Waals surface area (Å²) in [5.41, 5.74) is -0.783. The highest BCUT2D eigenvalue weighted by atomic mass is 16.8. The van der Waals surface area contributed by atoms with Gasteiger partial charge in [-0.15, -0.1) is 0 Å². The normalized spacial score (nSPS) is 55.0. The number of ether oxygens (including phenoxy) is 8. The maximum absolute atomic E-state index is 13.2. The summed E-state index contributed by atoms with van der Waals surface area (Å²) in [6.07, 6.45) is -19.6. The molecule has 0 amide bonds. The molecular formula is C52H84O21. The Balaban J connectivity index is 0.902. The highest BCUT2D eigenvalue weighted by molar-refractivity contribution is 5.76. The second kappa shape index (κ2) is 20.3. The van der Waals surface area contributed by atoms with Gasteiger partial charge in [0, 0.05) is 5.41 Å². The molecular weight excluding hydrogens is 961 g/mol. The maximum Gasteiger partial charge on any atom is 0.310 e. The molecule has 4 saturated heterocycles. The van der Waals surface area contributed by atoms with Gasteiger partial charge in [0.15, 0.2) is 25.2 Å². The van der Waals surface area contributed by atoms with E-state index in [2.05, 4.69) is 40.7 Å². The molecule has 0 radical (unpaired) electrons. The Morgan fingerprint density at radius 3 is 1.92 bits per heavy atom. The first-order valence-electron chi connectivity index (χ1n) is 26.7. The van der Waals surface area contributed by atoms with Crippen molar-refractivity contribution in [2.24, 2.45) is 50.2 Å². The highest BCUT2D eigenvalue weighted by Crippen LogP contribution is 2.76. The summed E-state index contributed by atoms with van der Waals surface area (Å²) in [4.78, 5) is 13.2. The molecule has 9 aliphatic rings. The first-order valence-corrected chi connectivity index (χ1v) is 26.7. The predicted molar refractivity (Wildman–Crippen MR) is 251 cm³/mol. The Bertz CT molecular complexity index is 2010. The minimum atomic E-state index is -1.95. The van der Waals surface area contributed by atoms with Crippen molar-refractivity contribution in [3.63, 3.8) is 0 Å². The number of aliphatic hydroxyl groups is 11. The minimum absolute atomic E-state index is 0.0184. The first kappa shape index (κ1) is 56.2. The number of carboxylic acid groups (broad SMARTS) is 1. The summed E-state index contributed by atoms with van der Waals surface area (Å²) in [6.45, 7) is 13.4. The van der Waals surface area contributed by atoms with E-state index in [0.29, 0.717) is 19.3 Å². The largest absolute Gasteiger partial charge is 0.481 e. The molecule has 73 heavy (non-hydrogen) atoms. The zero-order chi connectivity index (χ0) is 53.1. The number of carbonyl (C=O) groups is 1. The van der Waals surface area contributed by atoms with Gasteiger partial charge in [-0.1, -0.05) is 53.2 Å². The number of aliphatic carboxylic acids is 1. The lowest BCUT2D eigenvalue weighted by molar-refractivity contribution is -0.388. The maximum atomic E-state index is 13.2. The SMILES string of the molecule is C[C@@H]1O[C@@H](O[C@H]2[C@H](O[C@H]3CC[C@@]4(C)C(CC[C@]5(C)[C@@H]4CC=C4C6CC(C)(C)CC[C@]6(C(=O)O)CC[C@]45C)[C@]3(C)CO)OC[C@@H](O)[C@@H]2O)[C@H](O)[C@H](O[C@@H]2O[C@H](CO)[C@@H](O[C@@H]3OC[C@@H](O)[C@H](O)[C@H]3O)[C@H](O)[C@H]2O)[C@H]1O. The Hall–Kier alpha value is -1.55. The zero-order valence-corrected chi connectivity index (χ0v) is 43.2. The first-order chi connectivity index (χ1) is 34.2. The molecule has 418 valence electrons. The van der Waals surface area contributed by atoms with Gasteiger partial charge in [0.05, 0.1) is 44.1 Å². The van der Waals surface area contributed by atoms with Crippen LogP contribution < -0.4 is 0 Å². The number of hydrogen-bond acceptors (Lipinski definition) is 20. The van der Waals surface area contributed by atoms with Crippen LogP contribution in [-0.4, -0.2) is 210 Å². The lowest BCUT2D eigenvalue weighted by atomic mass is 9.33. The van der Waals surface area contributed by atoms with Crippen molar-refractivity contribution < 1.29 is 104 Å². The van der Waals surface area contributed by atoms with Crippen LogP contribution in [-0.2, 0) is 42.7 Å². The van der Waals surface area contributed by atoms with Crippen LogP contribution in [0.1, 0.15) is 113 Å². The Morgan fingerprint density at radius 2 is 1.25 bits per heavy atom. The van der Waals surface area contributed by atoms with E-state index in [9.17, 15) is 66.1 Å². The van der Waals surface area contributed by atoms with E-state index in [1.54, 1.807) is 0 Å². The Kier molecular flexibility index (Phi) is 15.6. The summed E-state index contributed by atoms with van der Waals surface area (Å²) in [6, 6.07) is 0. The number of hydrogen-bond donors (Lipinski definition) is 12. The molecule has 4 saturated carbocycles. The molecule has 21 nitrogen and oxygen atoms in total. The van der Waals surface area contributed by atoms with Crippen LogP contribution in [0.5, 0.6) is 0 Å². The number of carboxylic acids is 1. The zero-order valence-electron chi connectivity index (χ0n) is 43.2. The molecule has 0 spiro atoms. The summed E-state index contributed by atoms with van der Waals surface area (Å²) in [5.74, 6) is -0.483. The van der Waals surface area contributed by atoms with Gasteiger partial charge in [-0.05, 0) is 111 Å². The third kappa shape index (κ3) is 9.10. The van der Waals surface area contributed by atoms with Crippen LogP contribution in [0.3, 0.4) is 0 Å². The number of rotatable bonds is 11. The van der Waals surface area contributed by atoms with Crippen LogP contribution in [0, 0.1) is 50.2 Å². The molecule has 0 bridgehead atoms. The average Bonchev–Trinajstić information content (AvgIpc) is 3.34. The number of allylic oxidation sites excluding steroid dienone is 2. The minimum Gasteiger partial charge on any atom is -0.481 e. The molecule has 0 aromatic rings. The molecule has 12 N–H and O–H groups in total. The molecule has 4 heterocycles. The van der Waals surface area contributed by atoms with Crippen molar-refractivity contribution in [2.75, 3.05) is 26.4 Å². The molecule has 5 aliphatic carbocycles. The monoisotopic (exact) mass is 1040 g/mol. The average molecular weight is 1050 g/mol. The van der Waals surface area contributed by atoms with Crippen LogP contribution in [0.15, 0.2) is 11.6 Å². The van der Waals surface area contributed by atoms with Crippen molar-refractivity contribution in [1.29, 1.82) is 0 Å². The summed E-state index contributed by atoms with van der Waals surface area (Å²) in [5, 5.41) is 131. The molecule has 27 atom stereocenters. The van der Waals surface area contributed by atoms with Gasteiger partial charge in [-0.25, -0.2) is 0 Å². The third-order valence-corrected chi connectivity index (χ3v) is 20.8. The topological polar surface area (TPSA) is 334 Å². The highest BCUT2D eigenvalue weighted by Gasteiger charge is 2.70. The van der Waals surface area contributed by atoms with Crippen LogP contribution in [0.4, 0.5) is 0 Å². The van der Waals surface area contributed by atoms with E-state index in [4.69, 9.17) is 37.9 Å². The second-order valence-corrected chi connectivity index (χ2v) is 25.2. The number of aliphatic hydroxyl groups excluding tert-OH is 11. The quantitative estimate of drug-likeness (QED) is 0.0942. The molecule has 9 rings (SSSR count). The van der Waals surface area contributed by atoms with Crippen molar-refractivity contribution in [1.82, 2.24) is 0 Å². The van der Waals surface area contributed by atoms with Gasteiger partial charge in [-0.2, -0.15) is 0 Å². The molecule has 0 aromatic heterocycles. The molecule has 0 aromatic carbocycles. The standard InChI is InChI=1S/C52H84O21/c1-23-32(57)40(72-43-37(62)35(60)39(28(19-53)69-43)71-42-36(61)33(58)26(55)20-66-42)38(63)44(68-23)73-41-34(59)27(56)21-67-45(41)70-31-11-12-48(4)29(49(31,5)22-54)10-13-51(7)30(48)9-8-24-25-18-47(2,3)14-16-52(25,46(64)65)17-15-50(24,51)6/h8,23,25-45,53-63H,9-22H2,1-7H3,(H,64,65)/t23-,25?,26+,27+,28+,29?,30+,31-,32-,33-,34-,35+,36+,37+,38+,39+,40+,41+,42-,43-,44-,45-,48-,49-,50+,51+,52-/m0/s1. The van der Waals surface area contributed by atoms with E-state index < -0.39 is 147 Å². The smallest absolute Gasteiger partial charge is 0.310 e. The van der Waals surface area contributed by atoms with E-state index >= 15 is 0 Å². The third-order valence-electron chi connectivity index (χ3n) is 20.8. The summed E-state index contributed by atoms with van der Waals surface area (Å²) < 4.78 is 47.7. The molecule has 8 fully saturated rings. The number of fused-ring (bicyclic) bond motifs is 7. The van der Waals surface area contributed by atoms with Crippen molar-refractivity contribution >= 4 is 5.97 Å². The fourth-order valence-corrected chi connectivity index (χ4v) is 16.0. The van der Waals surface area contributed by atoms with Gasteiger partial charge in [-0.3, -0.25) is 4.79 Å². The van der Waals surface area contributed by atoms with Crippen LogP contribution in [0.2, 0.25) is 0 Å². The lowest BCUT2D eigenvalue weighted by Gasteiger charge is -2.71. The Labute approximate surface area is 426 Å². The van der Waals surface area contributed by atoms with Gasteiger partial charge in [0.2, 0.25) is 0 Å². The van der Waals surface area contributed by atoms with Crippen LogP contribution >= 0.6 is 0 Å². The summed E-state index contributed by atoms with van der Waals surface area (Å²) in [7, 11) is 0. The van der Waals surface area contributed by atoms with Gasteiger partial charge < -0.3 is 99.2 Å². The van der Waals surface area contributed by atoms with E-state index in [1.165, 1.54) is 12.5 Å². The van der Waals surface area contributed by atoms with Crippen LogP contribution in [0.25, 0.3) is 0 Å². The predicted octanol–water partition coefficient (Wildman–Crippen LogP) is -0.191. The van der Waals surface area contributed by atoms with E-state index in [0.717, 1.165) is 44.9 Å². The molecule has 2 unspecified atom stereocenters. The van der Waals surface area contributed by atoms with E-state index in [-0.39, 0.29) is 52.6 Å². The van der Waals surface area contributed by atoms with Gasteiger partial charge >= 0.3 is 5.97 Å². The van der Waals surface area contributed by atoms with Gasteiger partial charge in [0.25, 0.3) is 0 Å². The molecule has 21 heteroatoms. The van der Waals surface area contributed by atoms with Crippen molar-refractivity contribution in [3.05, 3.63) is 11.6 Å². The second-order valence-electron chi connectivity index (χ2n) is 25.2. The Morgan fingerprint density at radius 1 is 0.630 bits per heavy atom. The fraction of sp³-hybridized carbons (Fsp3) is 0.942. The van der Waals surface area contributed by atoms with Gasteiger partial charge in [0.1, 0.15) is 79.4 Å². The van der Waals surface area contributed by atoms with Crippen molar-refractivity contribution in [3.8, 4) is 0 Å². The van der Waals surface area contributed by atoms with E-state index in [1.807, 2.05) is 6.92 Å². The lowest BCUT2D eigenvalue weighted by Crippen LogP contribution is -2.67. The van der Waals surface area contributed by atoms with Crippen molar-refractivity contribution in [2.45, 2.75) is 229 Å². The summed E-state index contributed by atoms with van der Waals surface area (Å²) >= 11 is 0. The molecule has 4 aliphatic heterocycles.